The average Bonchev–Trinajstić information content (AvgIpc) is 2.21. The minimum Gasteiger partial charge on any atom is -0.0999 e. The Balaban J connectivity index is 3.08. The highest BCUT2D eigenvalue weighted by Crippen LogP contribution is 2.17. The first-order valence-electron chi connectivity index (χ1n) is 6.83. The molecule has 90 valence electrons. The summed E-state index contributed by atoms with van der Waals surface area (Å²) < 4.78 is 0. The topological polar surface area (TPSA) is 0 Å². The second-order valence-electron chi connectivity index (χ2n) is 5.01. The summed E-state index contributed by atoms with van der Waals surface area (Å²) in [6.45, 7) is 10.7. The lowest BCUT2D eigenvalue weighted by Gasteiger charge is -2.10. The van der Waals surface area contributed by atoms with Crippen molar-refractivity contribution in [2.45, 2.75) is 78.6 Å². The smallest absolute Gasteiger partial charge is 0.0237 e. The molecule has 0 aliphatic carbocycles. The Labute approximate surface area is 97.2 Å². The highest BCUT2D eigenvalue weighted by Gasteiger charge is 2.01. The van der Waals surface area contributed by atoms with E-state index in [4.69, 9.17) is 0 Å². The maximum atomic E-state index is 4.00. The van der Waals surface area contributed by atoms with Gasteiger partial charge in [0.25, 0.3) is 0 Å². The fourth-order valence-corrected chi connectivity index (χ4v) is 1.83. The van der Waals surface area contributed by atoms with E-state index in [0.29, 0.717) is 0 Å². The van der Waals surface area contributed by atoms with Gasteiger partial charge in [0.2, 0.25) is 0 Å². The van der Waals surface area contributed by atoms with E-state index in [-0.39, 0.29) is 0 Å². The SMILES string of the molecule is C=C(C)C(C)CCCCCCCCCC. The third-order valence-corrected chi connectivity index (χ3v) is 3.33. The molecule has 0 aromatic heterocycles. The van der Waals surface area contributed by atoms with Gasteiger partial charge in [-0.15, -0.1) is 0 Å². The highest BCUT2D eigenvalue weighted by molar-refractivity contribution is 4.93. The van der Waals surface area contributed by atoms with E-state index in [1.54, 1.807) is 0 Å². The fraction of sp³-hybridized carbons (Fsp3) is 0.867. The van der Waals surface area contributed by atoms with E-state index in [9.17, 15) is 0 Å². The summed E-state index contributed by atoms with van der Waals surface area (Å²) >= 11 is 0. The predicted molar refractivity (Wildman–Crippen MR) is 71.2 cm³/mol. The van der Waals surface area contributed by atoms with Crippen LogP contribution in [0, 0.1) is 5.92 Å². The molecule has 0 heteroatoms. The molecule has 0 rings (SSSR count). The molecule has 0 aromatic rings. The Kier molecular flexibility index (Phi) is 10.1. The normalized spacial score (nSPS) is 12.7. The van der Waals surface area contributed by atoms with Crippen LogP contribution >= 0.6 is 0 Å². The Hall–Kier alpha value is -0.260. The molecule has 0 nitrogen and oxygen atoms in total. The third-order valence-electron chi connectivity index (χ3n) is 3.33. The first-order chi connectivity index (χ1) is 7.18. The summed E-state index contributed by atoms with van der Waals surface area (Å²) in [6, 6.07) is 0. The van der Waals surface area contributed by atoms with E-state index in [1.165, 1.54) is 63.4 Å². The van der Waals surface area contributed by atoms with Crippen LogP contribution in [0.15, 0.2) is 12.2 Å². The van der Waals surface area contributed by atoms with Crippen LogP contribution in [-0.4, -0.2) is 0 Å². The molecule has 0 spiro atoms. The molecule has 1 unspecified atom stereocenters. The minimum atomic E-state index is 0.727. The molecule has 0 amide bonds. The van der Waals surface area contributed by atoms with Crippen molar-refractivity contribution in [2.24, 2.45) is 5.92 Å². The van der Waals surface area contributed by atoms with Gasteiger partial charge >= 0.3 is 0 Å². The summed E-state index contributed by atoms with van der Waals surface area (Å²) in [5.41, 5.74) is 1.35. The molecule has 0 saturated carbocycles. The predicted octanol–water partition coefficient (Wildman–Crippen LogP) is 5.73. The lowest BCUT2D eigenvalue weighted by Crippen LogP contribution is -1.94. The van der Waals surface area contributed by atoms with Gasteiger partial charge in [0.05, 0.1) is 0 Å². The fourth-order valence-electron chi connectivity index (χ4n) is 1.83. The highest BCUT2D eigenvalue weighted by atomic mass is 14.1. The van der Waals surface area contributed by atoms with Crippen molar-refractivity contribution in [1.82, 2.24) is 0 Å². The zero-order chi connectivity index (χ0) is 11.5. The third kappa shape index (κ3) is 10.0. The first-order valence-corrected chi connectivity index (χ1v) is 6.83. The quantitative estimate of drug-likeness (QED) is 0.319. The Morgan fingerprint density at radius 2 is 1.40 bits per heavy atom. The Morgan fingerprint density at radius 3 is 1.87 bits per heavy atom. The summed E-state index contributed by atoms with van der Waals surface area (Å²) in [7, 11) is 0. The molecular weight excluding hydrogens is 180 g/mol. The largest absolute Gasteiger partial charge is 0.0999 e. The monoisotopic (exact) mass is 210 g/mol. The van der Waals surface area contributed by atoms with Crippen LogP contribution in [-0.2, 0) is 0 Å². The van der Waals surface area contributed by atoms with Gasteiger partial charge in [-0.2, -0.15) is 0 Å². The molecule has 0 N–H and O–H groups in total. The van der Waals surface area contributed by atoms with Gasteiger partial charge in [0.15, 0.2) is 0 Å². The molecule has 0 aliphatic heterocycles. The van der Waals surface area contributed by atoms with Crippen LogP contribution < -0.4 is 0 Å². The standard InChI is InChI=1S/C15H30/c1-5-6-7-8-9-10-11-12-13-15(4)14(2)3/h15H,2,5-13H2,1,3-4H3. The molecule has 0 bridgehead atoms. The van der Waals surface area contributed by atoms with Gasteiger partial charge < -0.3 is 0 Å². The van der Waals surface area contributed by atoms with Gasteiger partial charge in [-0.3, -0.25) is 0 Å². The van der Waals surface area contributed by atoms with Crippen LogP contribution in [0.5, 0.6) is 0 Å². The van der Waals surface area contributed by atoms with Gasteiger partial charge in [0.1, 0.15) is 0 Å². The van der Waals surface area contributed by atoms with Gasteiger partial charge in [-0.25, -0.2) is 0 Å². The molecule has 0 saturated heterocycles. The summed E-state index contributed by atoms with van der Waals surface area (Å²) in [5.74, 6) is 0.727. The van der Waals surface area contributed by atoms with Gasteiger partial charge in [-0.1, -0.05) is 77.4 Å². The maximum absolute atomic E-state index is 4.00. The van der Waals surface area contributed by atoms with Crippen LogP contribution in [0.3, 0.4) is 0 Å². The van der Waals surface area contributed by atoms with Gasteiger partial charge in [-0.05, 0) is 19.3 Å². The Morgan fingerprint density at radius 1 is 0.933 bits per heavy atom. The van der Waals surface area contributed by atoms with Crippen LogP contribution in [0.4, 0.5) is 0 Å². The number of unbranched alkanes of at least 4 members (excludes halogenated alkanes) is 7. The van der Waals surface area contributed by atoms with Crippen molar-refractivity contribution < 1.29 is 0 Å². The van der Waals surface area contributed by atoms with E-state index >= 15 is 0 Å². The van der Waals surface area contributed by atoms with E-state index < -0.39 is 0 Å². The molecule has 0 heterocycles. The zero-order valence-corrected chi connectivity index (χ0v) is 11.1. The first kappa shape index (κ1) is 14.7. The van der Waals surface area contributed by atoms with Crippen molar-refractivity contribution in [3.8, 4) is 0 Å². The molecule has 0 fully saturated rings. The summed E-state index contributed by atoms with van der Waals surface area (Å²) in [5, 5.41) is 0. The van der Waals surface area contributed by atoms with Crippen molar-refractivity contribution in [1.29, 1.82) is 0 Å². The number of allylic oxidation sites excluding steroid dienone is 1. The number of rotatable bonds is 10. The summed E-state index contributed by atoms with van der Waals surface area (Å²) in [4.78, 5) is 0. The lowest BCUT2D eigenvalue weighted by molar-refractivity contribution is 0.522. The lowest BCUT2D eigenvalue weighted by atomic mass is 9.96. The van der Waals surface area contributed by atoms with Crippen molar-refractivity contribution in [2.75, 3.05) is 0 Å². The number of hydrogen-bond donors (Lipinski definition) is 0. The van der Waals surface area contributed by atoms with E-state index in [0.717, 1.165) is 5.92 Å². The molecular formula is C15H30. The molecule has 0 aromatic carbocycles. The van der Waals surface area contributed by atoms with E-state index in [1.807, 2.05) is 0 Å². The minimum absolute atomic E-state index is 0.727. The second-order valence-corrected chi connectivity index (χ2v) is 5.01. The molecule has 0 aliphatic rings. The van der Waals surface area contributed by atoms with Crippen LogP contribution in [0.25, 0.3) is 0 Å². The maximum Gasteiger partial charge on any atom is -0.0237 e. The van der Waals surface area contributed by atoms with E-state index in [2.05, 4.69) is 27.4 Å². The Bertz CT molecular complexity index is 146. The molecule has 1 atom stereocenters. The van der Waals surface area contributed by atoms with Crippen molar-refractivity contribution >= 4 is 0 Å². The van der Waals surface area contributed by atoms with Crippen LogP contribution in [0.2, 0.25) is 0 Å². The van der Waals surface area contributed by atoms with Crippen LogP contribution in [0.1, 0.15) is 78.6 Å². The number of hydrogen-bond acceptors (Lipinski definition) is 0. The molecule has 0 radical (unpaired) electrons. The second kappa shape index (κ2) is 10.3. The zero-order valence-electron chi connectivity index (χ0n) is 11.1. The van der Waals surface area contributed by atoms with Crippen molar-refractivity contribution in [3.05, 3.63) is 12.2 Å². The van der Waals surface area contributed by atoms with Gasteiger partial charge in [0, 0.05) is 0 Å². The van der Waals surface area contributed by atoms with Crippen molar-refractivity contribution in [3.63, 3.8) is 0 Å². The molecule has 15 heavy (non-hydrogen) atoms. The average molecular weight is 210 g/mol. The summed E-state index contributed by atoms with van der Waals surface area (Å²) in [6.07, 6.45) is 12.7.